The molecule has 4 aromatic carbocycles. The third-order valence-corrected chi connectivity index (χ3v) is 6.95. The maximum absolute atomic E-state index is 13.4. The van der Waals surface area contributed by atoms with Crippen molar-refractivity contribution in [3.8, 4) is 0 Å². The third-order valence-electron chi connectivity index (χ3n) is 6.29. The molecule has 0 aliphatic heterocycles. The predicted molar refractivity (Wildman–Crippen MR) is 161 cm³/mol. The second kappa shape index (κ2) is 14.0. The number of esters is 2. The number of hydrogen-bond donors (Lipinski definition) is 0. The summed E-state index contributed by atoms with van der Waals surface area (Å²) in [6.07, 6.45) is 3.81. The number of halogens is 2. The molecule has 0 unspecified atom stereocenters. The molecule has 0 atom stereocenters. The van der Waals surface area contributed by atoms with E-state index in [1.54, 1.807) is 72.8 Å². The van der Waals surface area contributed by atoms with Crippen LogP contribution in [0.5, 0.6) is 0 Å². The van der Waals surface area contributed by atoms with Crippen LogP contribution < -0.4 is 0 Å². The van der Waals surface area contributed by atoms with E-state index in [1.807, 2.05) is 24.3 Å². The molecule has 0 heterocycles. The summed E-state index contributed by atoms with van der Waals surface area (Å²) in [6.45, 7) is 4.19. The molecule has 0 bridgehead atoms. The zero-order chi connectivity index (χ0) is 28.5. The van der Waals surface area contributed by atoms with E-state index < -0.39 is 11.9 Å². The summed E-state index contributed by atoms with van der Waals surface area (Å²) in [5.74, 6) is -1.28. The van der Waals surface area contributed by atoms with E-state index >= 15 is 0 Å². The maximum Gasteiger partial charge on any atom is 0.343 e. The van der Waals surface area contributed by atoms with Gasteiger partial charge < -0.3 is 9.47 Å². The SMILES string of the molecule is CCCc1ccc(C(=O)O/C(=C(/OC(=O)c2ccc(CCC)cc2)c2ccccc2Cl)c2ccccc2Cl)cc1. The summed E-state index contributed by atoms with van der Waals surface area (Å²) in [5, 5.41) is 0.626. The number of carbonyl (C=O) groups is 2. The van der Waals surface area contributed by atoms with Crippen LogP contribution in [0.15, 0.2) is 97.1 Å². The van der Waals surface area contributed by atoms with Gasteiger partial charge in [-0.2, -0.15) is 0 Å². The zero-order valence-corrected chi connectivity index (χ0v) is 24.0. The van der Waals surface area contributed by atoms with E-state index in [2.05, 4.69) is 13.8 Å². The topological polar surface area (TPSA) is 52.6 Å². The van der Waals surface area contributed by atoms with Gasteiger partial charge in [0.2, 0.25) is 0 Å². The van der Waals surface area contributed by atoms with Crippen molar-refractivity contribution in [2.24, 2.45) is 0 Å². The highest BCUT2D eigenvalue weighted by molar-refractivity contribution is 6.33. The summed E-state index contributed by atoms with van der Waals surface area (Å²) in [6, 6.07) is 28.2. The van der Waals surface area contributed by atoms with Crippen LogP contribution in [0.25, 0.3) is 11.5 Å². The Morgan fingerprint density at radius 2 is 0.900 bits per heavy atom. The smallest absolute Gasteiger partial charge is 0.343 e. The average molecular weight is 574 g/mol. The van der Waals surface area contributed by atoms with Crippen molar-refractivity contribution in [1.29, 1.82) is 0 Å². The lowest BCUT2D eigenvalue weighted by atomic mass is 10.1. The minimum absolute atomic E-state index is 0.0164. The van der Waals surface area contributed by atoms with E-state index in [0.717, 1.165) is 36.8 Å². The van der Waals surface area contributed by atoms with Gasteiger partial charge in [0.05, 0.1) is 21.2 Å². The van der Waals surface area contributed by atoms with E-state index in [9.17, 15) is 9.59 Å². The van der Waals surface area contributed by atoms with Crippen LogP contribution in [-0.2, 0) is 22.3 Å². The number of aryl methyl sites for hydroxylation is 2. The fraction of sp³-hybridized carbons (Fsp3) is 0.176. The standard InChI is InChI=1S/C34H30Cl2O4/c1-3-9-23-15-19-25(20-16-23)33(37)39-31(27-11-5-7-13-29(27)35)32(28-12-6-8-14-30(28)36)40-34(38)26-21-17-24(10-4-2)18-22-26/h5-8,11-22H,3-4,9-10H2,1-2H3/b32-31+. The molecule has 0 aliphatic rings. The molecule has 0 spiro atoms. The second-order valence-electron chi connectivity index (χ2n) is 9.29. The monoisotopic (exact) mass is 572 g/mol. The molecule has 0 fully saturated rings. The van der Waals surface area contributed by atoms with E-state index in [1.165, 1.54) is 0 Å². The first kappa shape index (κ1) is 29.1. The minimum Gasteiger partial charge on any atom is -0.418 e. The second-order valence-corrected chi connectivity index (χ2v) is 10.1. The van der Waals surface area contributed by atoms with Crippen molar-refractivity contribution < 1.29 is 19.1 Å². The van der Waals surface area contributed by atoms with Crippen LogP contribution in [0, 0.1) is 0 Å². The Balaban J connectivity index is 1.82. The molecule has 4 aromatic rings. The molecule has 0 amide bonds. The van der Waals surface area contributed by atoms with E-state index in [0.29, 0.717) is 32.3 Å². The lowest BCUT2D eigenvalue weighted by molar-refractivity contribution is 0.0647. The molecule has 0 aromatic heterocycles. The Kier molecular flexibility index (Phi) is 10.2. The fourth-order valence-electron chi connectivity index (χ4n) is 4.23. The molecule has 6 heteroatoms. The van der Waals surface area contributed by atoms with Gasteiger partial charge >= 0.3 is 11.9 Å². The summed E-state index contributed by atoms with van der Waals surface area (Å²) in [7, 11) is 0. The Bertz CT molecular complexity index is 1390. The molecule has 40 heavy (non-hydrogen) atoms. The summed E-state index contributed by atoms with van der Waals surface area (Å²) >= 11 is 13.2. The molecule has 4 nitrogen and oxygen atoms in total. The van der Waals surface area contributed by atoms with Crippen LogP contribution in [0.1, 0.15) is 69.7 Å². The van der Waals surface area contributed by atoms with Crippen molar-refractivity contribution in [2.45, 2.75) is 39.5 Å². The zero-order valence-electron chi connectivity index (χ0n) is 22.5. The molecule has 4 rings (SSSR count). The van der Waals surface area contributed by atoms with E-state index in [-0.39, 0.29) is 11.5 Å². The van der Waals surface area contributed by atoms with Crippen LogP contribution in [0.3, 0.4) is 0 Å². The summed E-state index contributed by atoms with van der Waals surface area (Å²) < 4.78 is 12.0. The first-order chi connectivity index (χ1) is 19.4. The van der Waals surface area contributed by atoms with Crippen molar-refractivity contribution in [1.82, 2.24) is 0 Å². The van der Waals surface area contributed by atoms with Crippen LogP contribution in [0.2, 0.25) is 10.0 Å². The lowest BCUT2D eigenvalue weighted by Crippen LogP contribution is -2.12. The minimum atomic E-state index is -0.623. The summed E-state index contributed by atoms with van der Waals surface area (Å²) in [5.41, 5.74) is 3.69. The predicted octanol–water partition coefficient (Wildman–Crippen LogP) is 9.44. The molecule has 0 saturated heterocycles. The normalized spacial score (nSPS) is 11.5. The van der Waals surface area contributed by atoms with Gasteiger partial charge in [-0.05, 0) is 72.5 Å². The van der Waals surface area contributed by atoms with Gasteiger partial charge in [-0.15, -0.1) is 0 Å². The van der Waals surface area contributed by atoms with Gasteiger partial charge in [0.15, 0.2) is 11.5 Å². The Morgan fingerprint density at radius 3 is 1.23 bits per heavy atom. The van der Waals surface area contributed by atoms with Gasteiger partial charge in [0, 0.05) is 11.1 Å². The molecule has 0 radical (unpaired) electrons. The van der Waals surface area contributed by atoms with Gasteiger partial charge in [-0.25, -0.2) is 9.59 Å². The number of benzene rings is 4. The van der Waals surface area contributed by atoms with Crippen LogP contribution in [0.4, 0.5) is 0 Å². The highest BCUT2D eigenvalue weighted by Crippen LogP contribution is 2.36. The van der Waals surface area contributed by atoms with E-state index in [4.69, 9.17) is 32.7 Å². The molecular formula is C34H30Cl2O4. The first-order valence-corrected chi connectivity index (χ1v) is 14.0. The molecule has 0 aliphatic carbocycles. The number of carbonyl (C=O) groups excluding carboxylic acids is 2. The van der Waals surface area contributed by atoms with Crippen molar-refractivity contribution in [3.05, 3.63) is 140 Å². The van der Waals surface area contributed by atoms with Crippen molar-refractivity contribution in [2.75, 3.05) is 0 Å². The fourth-order valence-corrected chi connectivity index (χ4v) is 4.68. The van der Waals surface area contributed by atoms with Gasteiger partial charge in [0.1, 0.15) is 0 Å². The van der Waals surface area contributed by atoms with Crippen LogP contribution >= 0.6 is 23.2 Å². The molecule has 0 N–H and O–H groups in total. The van der Waals surface area contributed by atoms with Gasteiger partial charge in [-0.1, -0.05) is 98.4 Å². The highest BCUT2D eigenvalue weighted by Gasteiger charge is 2.25. The summed E-state index contributed by atoms with van der Waals surface area (Å²) in [4.78, 5) is 26.8. The molecule has 0 saturated carbocycles. The Labute approximate surface area is 245 Å². The highest BCUT2D eigenvalue weighted by atomic mass is 35.5. The quantitative estimate of drug-likeness (QED) is 0.108. The number of ether oxygens (including phenoxy) is 2. The van der Waals surface area contributed by atoms with Gasteiger partial charge in [0.25, 0.3) is 0 Å². The average Bonchev–Trinajstić information content (AvgIpc) is 2.97. The van der Waals surface area contributed by atoms with Crippen LogP contribution in [-0.4, -0.2) is 11.9 Å². The molecular weight excluding hydrogens is 543 g/mol. The largest absolute Gasteiger partial charge is 0.418 e. The van der Waals surface area contributed by atoms with Gasteiger partial charge in [-0.3, -0.25) is 0 Å². The van der Waals surface area contributed by atoms with Crippen molar-refractivity contribution in [3.63, 3.8) is 0 Å². The lowest BCUT2D eigenvalue weighted by Gasteiger charge is -2.18. The number of hydrogen-bond acceptors (Lipinski definition) is 4. The maximum atomic E-state index is 13.4. The van der Waals surface area contributed by atoms with Crippen molar-refractivity contribution >= 4 is 46.7 Å². The first-order valence-electron chi connectivity index (χ1n) is 13.3. The Morgan fingerprint density at radius 1 is 0.550 bits per heavy atom. The Hall–Kier alpha value is -3.86. The third kappa shape index (κ3) is 7.20. The molecule has 204 valence electrons. The number of rotatable bonds is 10.